The number of hydrogen-bond acceptors (Lipinski definition) is 3. The van der Waals surface area contributed by atoms with Crippen molar-refractivity contribution in [3.05, 3.63) is 41.1 Å². The molecule has 1 saturated heterocycles. The summed E-state index contributed by atoms with van der Waals surface area (Å²) in [6, 6.07) is 7.47. The molecule has 0 radical (unpaired) electrons. The van der Waals surface area contributed by atoms with Gasteiger partial charge in [-0.2, -0.15) is 0 Å². The number of rotatable bonds is 2. The number of pyridine rings is 1. The number of carbonyl (C=O) groups excluding carboxylic acids is 2. The molecule has 1 aliphatic heterocycles. The first kappa shape index (κ1) is 16.4. The van der Waals surface area contributed by atoms with E-state index in [0.717, 1.165) is 16.5 Å². The van der Waals surface area contributed by atoms with Crippen molar-refractivity contribution in [2.45, 2.75) is 33.7 Å². The summed E-state index contributed by atoms with van der Waals surface area (Å²) in [5.74, 6) is -0.131. The molecule has 1 N–H and O–H groups in total. The van der Waals surface area contributed by atoms with Crippen LogP contribution in [-0.2, 0) is 4.79 Å². The molecule has 126 valence electrons. The Labute approximate surface area is 142 Å². The molecule has 1 aromatic heterocycles. The van der Waals surface area contributed by atoms with Crippen LogP contribution in [0.2, 0.25) is 0 Å². The minimum atomic E-state index is -0.431. The fourth-order valence-corrected chi connectivity index (χ4v) is 3.32. The Hall–Kier alpha value is -2.43. The molecule has 1 unspecified atom stereocenters. The van der Waals surface area contributed by atoms with Crippen LogP contribution < -0.4 is 5.32 Å². The summed E-state index contributed by atoms with van der Waals surface area (Å²) in [7, 11) is 0. The first-order chi connectivity index (χ1) is 11.4. The minimum Gasteiger partial charge on any atom is -0.353 e. The van der Waals surface area contributed by atoms with E-state index >= 15 is 0 Å². The number of aryl methyl sites for hydroxylation is 2. The molecule has 3 rings (SSSR count). The number of piperazine rings is 1. The summed E-state index contributed by atoms with van der Waals surface area (Å²) in [6.45, 7) is 8.82. The standard InChI is InChI=1S/C19H23N3O2/c1-11(2)17-18(23)20-7-8-22(17)19(24)15-10-14-6-5-12(3)9-16(14)21-13(15)4/h5-6,9-11,17H,7-8H2,1-4H3,(H,20,23). The minimum absolute atomic E-state index is 0.0608. The van der Waals surface area contributed by atoms with Gasteiger partial charge in [0.2, 0.25) is 5.91 Å². The van der Waals surface area contributed by atoms with Crippen molar-refractivity contribution in [2.24, 2.45) is 5.92 Å². The van der Waals surface area contributed by atoms with E-state index in [-0.39, 0.29) is 17.7 Å². The van der Waals surface area contributed by atoms with Crippen LogP contribution in [0.25, 0.3) is 10.9 Å². The smallest absolute Gasteiger partial charge is 0.256 e. The molecule has 1 fully saturated rings. The Morgan fingerprint density at radius 3 is 2.75 bits per heavy atom. The lowest BCUT2D eigenvalue weighted by Crippen LogP contribution is -2.59. The van der Waals surface area contributed by atoms with Crippen molar-refractivity contribution >= 4 is 22.7 Å². The summed E-state index contributed by atoms with van der Waals surface area (Å²) < 4.78 is 0. The maximum absolute atomic E-state index is 13.1. The highest BCUT2D eigenvalue weighted by Crippen LogP contribution is 2.22. The molecule has 5 nitrogen and oxygen atoms in total. The quantitative estimate of drug-likeness (QED) is 0.922. The Balaban J connectivity index is 2.02. The van der Waals surface area contributed by atoms with Gasteiger partial charge in [0.25, 0.3) is 5.91 Å². The second-order valence-corrected chi connectivity index (χ2v) is 6.80. The number of aromatic nitrogens is 1. The van der Waals surface area contributed by atoms with Gasteiger partial charge in [-0.1, -0.05) is 26.0 Å². The van der Waals surface area contributed by atoms with Gasteiger partial charge in [-0.15, -0.1) is 0 Å². The Kier molecular flexibility index (Phi) is 4.26. The van der Waals surface area contributed by atoms with Crippen molar-refractivity contribution in [1.29, 1.82) is 0 Å². The zero-order valence-electron chi connectivity index (χ0n) is 14.6. The van der Waals surface area contributed by atoms with Gasteiger partial charge in [0.1, 0.15) is 6.04 Å². The summed E-state index contributed by atoms with van der Waals surface area (Å²) >= 11 is 0. The van der Waals surface area contributed by atoms with Gasteiger partial charge >= 0.3 is 0 Å². The maximum atomic E-state index is 13.1. The molecule has 2 aromatic rings. The third-order valence-electron chi connectivity index (χ3n) is 4.54. The van der Waals surface area contributed by atoms with Gasteiger partial charge in [-0.05, 0) is 37.5 Å². The lowest BCUT2D eigenvalue weighted by atomic mass is 9.98. The topological polar surface area (TPSA) is 62.3 Å². The highest BCUT2D eigenvalue weighted by molar-refractivity contribution is 6.01. The van der Waals surface area contributed by atoms with Gasteiger partial charge < -0.3 is 10.2 Å². The Morgan fingerprint density at radius 1 is 1.29 bits per heavy atom. The predicted molar refractivity (Wildman–Crippen MR) is 93.9 cm³/mol. The van der Waals surface area contributed by atoms with Crippen LogP contribution in [0, 0.1) is 19.8 Å². The average molecular weight is 325 g/mol. The second kappa shape index (κ2) is 6.23. The highest BCUT2D eigenvalue weighted by atomic mass is 16.2. The van der Waals surface area contributed by atoms with Crippen LogP contribution in [0.5, 0.6) is 0 Å². The monoisotopic (exact) mass is 325 g/mol. The molecule has 0 spiro atoms. The summed E-state index contributed by atoms with van der Waals surface area (Å²) in [5, 5.41) is 3.79. The first-order valence-corrected chi connectivity index (χ1v) is 8.35. The fraction of sp³-hybridized carbons (Fsp3) is 0.421. The molecule has 2 amide bonds. The normalized spacial score (nSPS) is 18.1. The zero-order chi connectivity index (χ0) is 17.4. The van der Waals surface area contributed by atoms with Gasteiger partial charge in [-0.3, -0.25) is 14.6 Å². The molecule has 0 aliphatic carbocycles. The predicted octanol–water partition coefficient (Wildman–Crippen LogP) is 2.45. The molecular weight excluding hydrogens is 302 g/mol. The third-order valence-corrected chi connectivity index (χ3v) is 4.54. The summed E-state index contributed by atoms with van der Waals surface area (Å²) in [4.78, 5) is 31.6. The zero-order valence-corrected chi connectivity index (χ0v) is 14.6. The number of fused-ring (bicyclic) bond motifs is 1. The number of carbonyl (C=O) groups is 2. The van der Waals surface area contributed by atoms with Gasteiger partial charge in [0.15, 0.2) is 0 Å². The number of benzene rings is 1. The molecule has 0 saturated carbocycles. The molecule has 1 aromatic carbocycles. The summed E-state index contributed by atoms with van der Waals surface area (Å²) in [6.07, 6.45) is 0. The van der Waals surface area contributed by atoms with Gasteiger partial charge in [0.05, 0.1) is 16.8 Å². The summed E-state index contributed by atoms with van der Waals surface area (Å²) in [5.41, 5.74) is 3.31. The highest BCUT2D eigenvalue weighted by Gasteiger charge is 2.36. The van der Waals surface area contributed by atoms with Crippen LogP contribution in [0.15, 0.2) is 24.3 Å². The van der Waals surface area contributed by atoms with E-state index < -0.39 is 6.04 Å². The molecule has 1 aliphatic rings. The van der Waals surface area contributed by atoms with Crippen molar-refractivity contribution < 1.29 is 9.59 Å². The number of nitrogens with one attached hydrogen (secondary N) is 1. The van der Waals surface area contributed by atoms with E-state index in [1.807, 2.05) is 52.0 Å². The van der Waals surface area contributed by atoms with Crippen molar-refractivity contribution in [1.82, 2.24) is 15.2 Å². The van der Waals surface area contributed by atoms with Gasteiger partial charge in [-0.25, -0.2) is 0 Å². The lowest BCUT2D eigenvalue weighted by Gasteiger charge is -2.37. The largest absolute Gasteiger partial charge is 0.353 e. The van der Waals surface area contributed by atoms with Crippen molar-refractivity contribution in [2.75, 3.05) is 13.1 Å². The van der Waals surface area contributed by atoms with Crippen LogP contribution >= 0.6 is 0 Å². The van der Waals surface area contributed by atoms with Crippen LogP contribution in [0.1, 0.15) is 35.5 Å². The molecule has 1 atom stereocenters. The van der Waals surface area contributed by atoms with Crippen molar-refractivity contribution in [3.63, 3.8) is 0 Å². The molecule has 2 heterocycles. The van der Waals surface area contributed by atoms with E-state index in [1.165, 1.54) is 0 Å². The van der Waals surface area contributed by atoms with Crippen molar-refractivity contribution in [3.8, 4) is 0 Å². The third kappa shape index (κ3) is 2.86. The van der Waals surface area contributed by atoms with E-state index in [2.05, 4.69) is 10.3 Å². The lowest BCUT2D eigenvalue weighted by molar-refractivity contribution is -0.129. The number of amides is 2. The average Bonchev–Trinajstić information content (AvgIpc) is 2.52. The van der Waals surface area contributed by atoms with E-state index in [4.69, 9.17) is 0 Å². The van der Waals surface area contributed by atoms with Crippen LogP contribution in [-0.4, -0.2) is 40.8 Å². The van der Waals surface area contributed by atoms with E-state index in [0.29, 0.717) is 24.3 Å². The van der Waals surface area contributed by atoms with Crippen LogP contribution in [0.3, 0.4) is 0 Å². The van der Waals surface area contributed by atoms with E-state index in [9.17, 15) is 9.59 Å². The molecular formula is C19H23N3O2. The SMILES string of the molecule is Cc1ccc2cc(C(=O)N3CCNC(=O)C3C(C)C)c(C)nc2c1. The molecule has 24 heavy (non-hydrogen) atoms. The first-order valence-electron chi connectivity index (χ1n) is 8.35. The second-order valence-electron chi connectivity index (χ2n) is 6.80. The maximum Gasteiger partial charge on any atom is 0.256 e. The number of nitrogens with zero attached hydrogens (tertiary/aromatic N) is 2. The Bertz CT molecular complexity index is 814. The number of hydrogen-bond donors (Lipinski definition) is 1. The van der Waals surface area contributed by atoms with E-state index in [1.54, 1.807) is 4.90 Å². The van der Waals surface area contributed by atoms with Crippen LogP contribution in [0.4, 0.5) is 0 Å². The Morgan fingerprint density at radius 2 is 2.04 bits per heavy atom. The fourth-order valence-electron chi connectivity index (χ4n) is 3.32. The molecule has 5 heteroatoms. The van der Waals surface area contributed by atoms with Gasteiger partial charge in [0, 0.05) is 18.5 Å². The molecule has 0 bridgehead atoms.